The van der Waals surface area contributed by atoms with Crippen molar-refractivity contribution >= 4 is 26.0 Å². The second-order valence-electron chi connectivity index (χ2n) is 5.91. The molecule has 0 radical (unpaired) electrons. The van der Waals surface area contributed by atoms with E-state index in [2.05, 4.69) is 21.2 Å². The number of hydrogen-bond donors (Lipinski definition) is 1. The second kappa shape index (κ2) is 6.77. The van der Waals surface area contributed by atoms with Crippen LogP contribution in [0.4, 0.5) is 0 Å². The van der Waals surface area contributed by atoms with E-state index in [0.717, 1.165) is 18.4 Å². The van der Waals surface area contributed by atoms with Crippen molar-refractivity contribution in [2.24, 2.45) is 5.92 Å². The topological polar surface area (TPSA) is 49.4 Å². The minimum atomic E-state index is -3.47. The first-order valence-corrected chi connectivity index (χ1v) is 9.54. The van der Waals surface area contributed by atoms with Crippen LogP contribution in [0.15, 0.2) is 27.6 Å². The summed E-state index contributed by atoms with van der Waals surface area (Å²) in [4.78, 5) is 0.365. The molecule has 0 unspecified atom stereocenters. The summed E-state index contributed by atoms with van der Waals surface area (Å²) in [5.41, 5.74) is 0.967. The molecule has 4 nitrogen and oxygen atoms in total. The highest BCUT2D eigenvalue weighted by atomic mass is 79.9. The van der Waals surface area contributed by atoms with Crippen molar-refractivity contribution in [3.05, 3.63) is 28.2 Å². The molecule has 118 valence electrons. The van der Waals surface area contributed by atoms with E-state index < -0.39 is 10.0 Å². The molecule has 1 aliphatic carbocycles. The maximum absolute atomic E-state index is 13.0. The Balaban J connectivity index is 2.38. The van der Waals surface area contributed by atoms with E-state index in [4.69, 9.17) is 0 Å². The van der Waals surface area contributed by atoms with Crippen molar-refractivity contribution < 1.29 is 8.42 Å². The van der Waals surface area contributed by atoms with E-state index >= 15 is 0 Å². The molecule has 1 aromatic rings. The Kier molecular flexibility index (Phi) is 5.46. The van der Waals surface area contributed by atoms with Gasteiger partial charge in [0.1, 0.15) is 0 Å². The summed E-state index contributed by atoms with van der Waals surface area (Å²) in [5, 5.41) is 3.05. The molecular formula is C15H23BrN2O2S. The Morgan fingerprint density at radius 1 is 1.38 bits per heavy atom. The molecule has 1 aromatic carbocycles. The summed E-state index contributed by atoms with van der Waals surface area (Å²) in [6, 6.07) is 5.48. The van der Waals surface area contributed by atoms with E-state index in [-0.39, 0.29) is 6.04 Å². The van der Waals surface area contributed by atoms with E-state index in [1.165, 1.54) is 0 Å². The summed E-state index contributed by atoms with van der Waals surface area (Å²) in [5.74, 6) is 0.529. The molecular weight excluding hydrogens is 352 g/mol. The van der Waals surface area contributed by atoms with Gasteiger partial charge >= 0.3 is 0 Å². The highest BCUT2D eigenvalue weighted by Crippen LogP contribution is 2.34. The minimum Gasteiger partial charge on any atom is -0.316 e. The van der Waals surface area contributed by atoms with E-state index in [0.29, 0.717) is 28.4 Å². The van der Waals surface area contributed by atoms with Gasteiger partial charge in [-0.05, 0) is 73.3 Å². The van der Waals surface area contributed by atoms with Crippen molar-refractivity contribution in [2.75, 3.05) is 13.6 Å². The number of rotatable bonds is 7. The monoisotopic (exact) mass is 374 g/mol. The SMILES string of the molecule is CNCc1ccc(Br)c(S(=O)(=O)N(CC2CC2)C(C)C)c1. The smallest absolute Gasteiger partial charge is 0.244 e. The maximum Gasteiger partial charge on any atom is 0.244 e. The fourth-order valence-corrected chi connectivity index (χ4v) is 5.02. The largest absolute Gasteiger partial charge is 0.316 e. The Labute approximate surface area is 136 Å². The molecule has 0 aliphatic heterocycles. The van der Waals surface area contributed by atoms with E-state index in [1.54, 1.807) is 10.4 Å². The quantitative estimate of drug-likeness (QED) is 0.797. The van der Waals surface area contributed by atoms with Gasteiger partial charge in [0.25, 0.3) is 0 Å². The van der Waals surface area contributed by atoms with Crippen molar-refractivity contribution in [3.63, 3.8) is 0 Å². The predicted octanol–water partition coefficient (Wildman–Crippen LogP) is 2.98. The van der Waals surface area contributed by atoms with Gasteiger partial charge in [-0.25, -0.2) is 8.42 Å². The van der Waals surface area contributed by atoms with Gasteiger partial charge < -0.3 is 5.32 Å². The van der Waals surface area contributed by atoms with Crippen molar-refractivity contribution in [1.82, 2.24) is 9.62 Å². The summed E-state index contributed by atoms with van der Waals surface area (Å²) in [6.45, 7) is 5.15. The van der Waals surface area contributed by atoms with Crippen LogP contribution < -0.4 is 5.32 Å². The zero-order valence-electron chi connectivity index (χ0n) is 12.8. The number of halogens is 1. The van der Waals surface area contributed by atoms with Gasteiger partial charge in [-0.2, -0.15) is 4.31 Å². The molecule has 0 atom stereocenters. The number of hydrogen-bond acceptors (Lipinski definition) is 3. The lowest BCUT2D eigenvalue weighted by Crippen LogP contribution is -2.38. The average Bonchev–Trinajstić information content (AvgIpc) is 3.22. The zero-order valence-corrected chi connectivity index (χ0v) is 15.2. The minimum absolute atomic E-state index is 0.0320. The van der Waals surface area contributed by atoms with Crippen LogP contribution in [0, 0.1) is 5.92 Å². The van der Waals surface area contributed by atoms with Gasteiger partial charge in [-0.15, -0.1) is 0 Å². The standard InChI is InChI=1S/C15H23BrN2O2S/c1-11(2)18(10-12-4-5-12)21(19,20)15-8-13(9-17-3)6-7-14(15)16/h6-8,11-12,17H,4-5,9-10H2,1-3H3. The fraction of sp³-hybridized carbons (Fsp3) is 0.600. The van der Waals surface area contributed by atoms with Gasteiger partial charge in [-0.3, -0.25) is 0 Å². The molecule has 1 saturated carbocycles. The third-order valence-electron chi connectivity index (χ3n) is 3.67. The summed E-state index contributed by atoms with van der Waals surface area (Å²) >= 11 is 3.39. The molecule has 0 bridgehead atoms. The molecule has 1 aliphatic rings. The van der Waals surface area contributed by atoms with E-state index in [9.17, 15) is 8.42 Å². The average molecular weight is 375 g/mol. The molecule has 6 heteroatoms. The molecule has 0 aromatic heterocycles. The molecule has 1 N–H and O–H groups in total. The van der Waals surface area contributed by atoms with Crippen LogP contribution >= 0.6 is 15.9 Å². The van der Waals surface area contributed by atoms with Crippen molar-refractivity contribution in [2.45, 2.75) is 44.2 Å². The number of benzene rings is 1. The Morgan fingerprint density at radius 2 is 2.05 bits per heavy atom. The Bertz CT molecular complexity index is 598. The van der Waals surface area contributed by atoms with Crippen LogP contribution in [0.2, 0.25) is 0 Å². The molecule has 0 heterocycles. The van der Waals surface area contributed by atoms with Crippen LogP contribution in [0.1, 0.15) is 32.3 Å². The lowest BCUT2D eigenvalue weighted by molar-refractivity contribution is 0.341. The number of nitrogens with zero attached hydrogens (tertiary/aromatic N) is 1. The second-order valence-corrected chi connectivity index (χ2v) is 8.62. The number of nitrogens with one attached hydrogen (secondary N) is 1. The Morgan fingerprint density at radius 3 is 2.57 bits per heavy atom. The van der Waals surface area contributed by atoms with Crippen LogP contribution in [0.5, 0.6) is 0 Å². The molecule has 0 amide bonds. The molecule has 1 fully saturated rings. The first-order valence-electron chi connectivity index (χ1n) is 7.31. The van der Waals surface area contributed by atoms with Crippen molar-refractivity contribution in [1.29, 1.82) is 0 Å². The lowest BCUT2D eigenvalue weighted by Gasteiger charge is -2.26. The van der Waals surface area contributed by atoms with Crippen LogP contribution in [0.3, 0.4) is 0 Å². The summed E-state index contributed by atoms with van der Waals surface area (Å²) < 4.78 is 28.2. The van der Waals surface area contributed by atoms with Gasteiger partial charge in [0.05, 0.1) is 4.90 Å². The highest BCUT2D eigenvalue weighted by molar-refractivity contribution is 9.10. The first-order chi connectivity index (χ1) is 9.86. The molecule has 2 rings (SSSR count). The first kappa shape index (κ1) is 16.9. The van der Waals surface area contributed by atoms with E-state index in [1.807, 2.05) is 33.0 Å². The predicted molar refractivity (Wildman–Crippen MR) is 88.7 cm³/mol. The van der Waals surface area contributed by atoms with Gasteiger partial charge in [0, 0.05) is 23.6 Å². The summed E-state index contributed by atoms with van der Waals surface area (Å²) in [7, 11) is -1.62. The normalized spacial score (nSPS) is 15.9. The lowest BCUT2D eigenvalue weighted by atomic mass is 10.2. The van der Waals surface area contributed by atoms with Crippen LogP contribution in [-0.2, 0) is 16.6 Å². The van der Waals surface area contributed by atoms with Gasteiger partial charge in [0.2, 0.25) is 10.0 Å². The fourth-order valence-electron chi connectivity index (χ4n) is 2.33. The third-order valence-corrected chi connectivity index (χ3v) is 6.71. The van der Waals surface area contributed by atoms with Crippen LogP contribution in [0.25, 0.3) is 0 Å². The number of sulfonamides is 1. The van der Waals surface area contributed by atoms with Crippen LogP contribution in [-0.4, -0.2) is 32.4 Å². The Hall–Kier alpha value is -0.430. The maximum atomic E-state index is 13.0. The van der Waals surface area contributed by atoms with Gasteiger partial charge in [-0.1, -0.05) is 6.07 Å². The third kappa shape index (κ3) is 4.06. The molecule has 0 saturated heterocycles. The van der Waals surface area contributed by atoms with Crippen molar-refractivity contribution in [3.8, 4) is 0 Å². The molecule has 21 heavy (non-hydrogen) atoms. The highest BCUT2D eigenvalue weighted by Gasteiger charge is 2.34. The van der Waals surface area contributed by atoms with Gasteiger partial charge in [0.15, 0.2) is 0 Å². The molecule has 0 spiro atoms. The zero-order chi connectivity index (χ0) is 15.6. The summed E-state index contributed by atoms with van der Waals surface area (Å²) in [6.07, 6.45) is 2.28.